The smallest absolute Gasteiger partial charge is 0.0604 e. The molecule has 0 radical (unpaired) electrons. The molecule has 0 aromatic rings. The van der Waals surface area contributed by atoms with E-state index in [0.717, 1.165) is 26.1 Å². The highest BCUT2D eigenvalue weighted by Gasteiger charge is 2.29. The zero-order valence-corrected chi connectivity index (χ0v) is 11.3. The van der Waals surface area contributed by atoms with Crippen LogP contribution < -0.4 is 5.32 Å². The van der Waals surface area contributed by atoms with Crippen molar-refractivity contribution in [2.24, 2.45) is 0 Å². The minimum absolute atomic E-state index is 0.517. The quantitative estimate of drug-likeness (QED) is 0.642. The summed E-state index contributed by atoms with van der Waals surface area (Å²) >= 11 is 0. The molecule has 0 aromatic carbocycles. The second-order valence-corrected chi connectivity index (χ2v) is 5.23. The molecule has 0 aromatic heterocycles. The van der Waals surface area contributed by atoms with Crippen LogP contribution in [0.1, 0.15) is 40.0 Å². The molecule has 0 spiro atoms. The van der Waals surface area contributed by atoms with E-state index in [1.54, 1.807) is 0 Å². The van der Waals surface area contributed by atoms with E-state index in [-0.39, 0.29) is 0 Å². The molecule has 16 heavy (non-hydrogen) atoms. The maximum absolute atomic E-state index is 5.82. The van der Waals surface area contributed by atoms with Crippen molar-refractivity contribution in [2.75, 3.05) is 26.7 Å². The second kappa shape index (κ2) is 7.25. The summed E-state index contributed by atoms with van der Waals surface area (Å²) in [5.41, 5.74) is 0. The molecule has 1 saturated carbocycles. The molecule has 3 heteroatoms. The van der Waals surface area contributed by atoms with E-state index in [9.17, 15) is 0 Å². The summed E-state index contributed by atoms with van der Waals surface area (Å²) in [6.45, 7) is 9.79. The topological polar surface area (TPSA) is 24.5 Å². The Bertz CT molecular complexity index is 179. The highest BCUT2D eigenvalue weighted by atomic mass is 16.5. The fourth-order valence-corrected chi connectivity index (χ4v) is 2.05. The molecule has 0 amide bonds. The van der Waals surface area contributed by atoms with Crippen LogP contribution in [-0.4, -0.2) is 49.8 Å². The van der Waals surface area contributed by atoms with Crippen molar-refractivity contribution in [1.29, 1.82) is 0 Å². The van der Waals surface area contributed by atoms with Gasteiger partial charge in [-0.15, -0.1) is 0 Å². The third-order valence-corrected chi connectivity index (χ3v) is 3.24. The summed E-state index contributed by atoms with van der Waals surface area (Å²) < 4.78 is 5.82. The lowest BCUT2D eigenvalue weighted by molar-refractivity contribution is -0.0204. The van der Waals surface area contributed by atoms with Gasteiger partial charge in [-0.2, -0.15) is 0 Å². The number of rotatable bonds is 8. The van der Waals surface area contributed by atoms with Gasteiger partial charge >= 0.3 is 0 Å². The monoisotopic (exact) mass is 228 g/mol. The van der Waals surface area contributed by atoms with Crippen LogP contribution in [0, 0.1) is 0 Å². The van der Waals surface area contributed by atoms with Gasteiger partial charge in [0.1, 0.15) is 0 Å². The molecule has 0 atom stereocenters. The zero-order chi connectivity index (χ0) is 12.0. The highest BCUT2D eigenvalue weighted by molar-refractivity contribution is 4.86. The van der Waals surface area contributed by atoms with Gasteiger partial charge in [-0.3, -0.25) is 0 Å². The summed E-state index contributed by atoms with van der Waals surface area (Å²) in [6, 6.07) is 1.30. The predicted octanol–water partition coefficient (Wildman–Crippen LogP) is 1.87. The summed E-state index contributed by atoms with van der Waals surface area (Å²) in [4.78, 5) is 2.33. The van der Waals surface area contributed by atoms with Crippen LogP contribution in [0.5, 0.6) is 0 Å². The largest absolute Gasteiger partial charge is 0.378 e. The van der Waals surface area contributed by atoms with Crippen LogP contribution in [0.4, 0.5) is 0 Å². The molecule has 1 fully saturated rings. The van der Waals surface area contributed by atoms with Crippen LogP contribution in [0.3, 0.4) is 0 Å². The minimum atomic E-state index is 0.517. The van der Waals surface area contributed by atoms with Crippen molar-refractivity contribution in [3.8, 4) is 0 Å². The number of hydrogen-bond acceptors (Lipinski definition) is 3. The third-order valence-electron chi connectivity index (χ3n) is 3.24. The van der Waals surface area contributed by atoms with Crippen molar-refractivity contribution in [2.45, 2.75) is 58.2 Å². The number of nitrogens with one attached hydrogen (secondary N) is 1. The summed E-state index contributed by atoms with van der Waals surface area (Å²) in [6.07, 6.45) is 4.07. The molecule has 0 saturated heterocycles. The van der Waals surface area contributed by atoms with Crippen molar-refractivity contribution in [3.05, 3.63) is 0 Å². The predicted molar refractivity (Wildman–Crippen MR) is 68.8 cm³/mol. The standard InChI is InChI=1S/C13H28N2O/c1-5-15(4)7-6-8-16-13-9-12(10-13)14-11(2)3/h11-14H,5-10H2,1-4H3. The molecule has 96 valence electrons. The third kappa shape index (κ3) is 5.28. The molecule has 1 rings (SSSR count). The van der Waals surface area contributed by atoms with Gasteiger partial charge in [-0.05, 0) is 32.9 Å². The van der Waals surface area contributed by atoms with Gasteiger partial charge in [0.15, 0.2) is 0 Å². The molecule has 1 aliphatic carbocycles. The lowest BCUT2D eigenvalue weighted by atomic mass is 9.89. The van der Waals surface area contributed by atoms with E-state index >= 15 is 0 Å². The first kappa shape index (κ1) is 13.9. The average molecular weight is 228 g/mol. The lowest BCUT2D eigenvalue weighted by Crippen LogP contribution is -2.48. The maximum atomic E-state index is 5.82. The summed E-state index contributed by atoms with van der Waals surface area (Å²) in [5, 5.41) is 3.54. The normalized spacial score (nSPS) is 25.1. The van der Waals surface area contributed by atoms with Crippen LogP contribution in [0.25, 0.3) is 0 Å². The molecule has 0 aliphatic heterocycles. The Morgan fingerprint density at radius 1 is 1.38 bits per heavy atom. The van der Waals surface area contributed by atoms with Gasteiger partial charge in [-0.25, -0.2) is 0 Å². The van der Waals surface area contributed by atoms with Crippen LogP contribution in [0.2, 0.25) is 0 Å². The molecule has 0 heterocycles. The van der Waals surface area contributed by atoms with Gasteiger partial charge in [0, 0.05) is 25.2 Å². The molecule has 0 unspecified atom stereocenters. The SMILES string of the molecule is CCN(C)CCCOC1CC(NC(C)C)C1. The fraction of sp³-hybridized carbons (Fsp3) is 1.00. The minimum Gasteiger partial charge on any atom is -0.378 e. The molecular weight excluding hydrogens is 200 g/mol. The van der Waals surface area contributed by atoms with Gasteiger partial charge < -0.3 is 15.0 Å². The van der Waals surface area contributed by atoms with E-state index in [4.69, 9.17) is 4.74 Å². The lowest BCUT2D eigenvalue weighted by Gasteiger charge is -2.37. The molecule has 0 bridgehead atoms. The zero-order valence-electron chi connectivity index (χ0n) is 11.3. The molecule has 3 nitrogen and oxygen atoms in total. The van der Waals surface area contributed by atoms with E-state index in [1.165, 1.54) is 12.8 Å². The van der Waals surface area contributed by atoms with E-state index in [0.29, 0.717) is 18.2 Å². The van der Waals surface area contributed by atoms with E-state index < -0.39 is 0 Å². The van der Waals surface area contributed by atoms with Crippen molar-refractivity contribution < 1.29 is 4.74 Å². The maximum Gasteiger partial charge on any atom is 0.0604 e. The first-order chi connectivity index (χ1) is 7.61. The Morgan fingerprint density at radius 2 is 2.06 bits per heavy atom. The second-order valence-electron chi connectivity index (χ2n) is 5.23. The number of nitrogens with zero attached hydrogens (tertiary/aromatic N) is 1. The molecule has 1 N–H and O–H groups in total. The van der Waals surface area contributed by atoms with Crippen molar-refractivity contribution >= 4 is 0 Å². The Labute approximate surface area is 101 Å². The Kier molecular flexibility index (Phi) is 6.32. The van der Waals surface area contributed by atoms with Gasteiger partial charge in [0.2, 0.25) is 0 Å². The fourth-order valence-electron chi connectivity index (χ4n) is 2.05. The first-order valence-corrected chi connectivity index (χ1v) is 6.68. The van der Waals surface area contributed by atoms with Crippen molar-refractivity contribution in [1.82, 2.24) is 10.2 Å². The van der Waals surface area contributed by atoms with Gasteiger partial charge in [0.25, 0.3) is 0 Å². The van der Waals surface area contributed by atoms with E-state index in [2.05, 4.69) is 38.0 Å². The molecule has 1 aliphatic rings. The van der Waals surface area contributed by atoms with Gasteiger partial charge in [0.05, 0.1) is 6.10 Å². The van der Waals surface area contributed by atoms with Crippen LogP contribution >= 0.6 is 0 Å². The highest BCUT2D eigenvalue weighted by Crippen LogP contribution is 2.23. The van der Waals surface area contributed by atoms with Crippen molar-refractivity contribution in [3.63, 3.8) is 0 Å². The van der Waals surface area contributed by atoms with Crippen LogP contribution in [-0.2, 0) is 4.74 Å². The summed E-state index contributed by atoms with van der Waals surface area (Å²) in [7, 11) is 2.16. The van der Waals surface area contributed by atoms with Gasteiger partial charge in [-0.1, -0.05) is 20.8 Å². The summed E-state index contributed by atoms with van der Waals surface area (Å²) in [5.74, 6) is 0. The number of hydrogen-bond donors (Lipinski definition) is 1. The molecular formula is C13H28N2O. The Morgan fingerprint density at radius 3 is 2.62 bits per heavy atom. The van der Waals surface area contributed by atoms with Crippen LogP contribution in [0.15, 0.2) is 0 Å². The Balaban J connectivity index is 1.90. The Hall–Kier alpha value is -0.120. The van der Waals surface area contributed by atoms with E-state index in [1.807, 2.05) is 0 Å². The number of ether oxygens (including phenoxy) is 1. The average Bonchev–Trinajstić information content (AvgIpc) is 2.18. The first-order valence-electron chi connectivity index (χ1n) is 6.68.